The fourth-order valence-electron chi connectivity index (χ4n) is 3.55. The van der Waals surface area contributed by atoms with E-state index in [2.05, 4.69) is 27.5 Å². The van der Waals surface area contributed by atoms with Crippen LogP contribution >= 0.6 is 0 Å². The van der Waals surface area contributed by atoms with Gasteiger partial charge in [-0.15, -0.1) is 0 Å². The number of carbonyl (C=O) groups is 1. The van der Waals surface area contributed by atoms with Gasteiger partial charge in [0.2, 0.25) is 0 Å². The molecule has 2 aromatic rings. The van der Waals surface area contributed by atoms with Crippen LogP contribution in [0.2, 0.25) is 0 Å². The first-order chi connectivity index (χ1) is 14.8. The van der Waals surface area contributed by atoms with Crippen LogP contribution in [-0.2, 0) is 6.18 Å². The summed E-state index contributed by atoms with van der Waals surface area (Å²) in [6, 6.07) is 11.8. The van der Waals surface area contributed by atoms with Crippen LogP contribution in [-0.4, -0.2) is 62.0 Å². The normalized spacial score (nSPS) is 15.6. The maximum absolute atomic E-state index is 13.0. The minimum atomic E-state index is -4.42. The molecule has 31 heavy (non-hydrogen) atoms. The van der Waals surface area contributed by atoms with Crippen molar-refractivity contribution in [2.75, 3.05) is 51.6 Å². The lowest BCUT2D eigenvalue weighted by Gasteiger charge is -2.32. The van der Waals surface area contributed by atoms with E-state index in [1.165, 1.54) is 6.07 Å². The van der Waals surface area contributed by atoms with Crippen molar-refractivity contribution in [3.63, 3.8) is 0 Å². The summed E-state index contributed by atoms with van der Waals surface area (Å²) in [7, 11) is 2.13. The van der Waals surface area contributed by atoms with Gasteiger partial charge in [-0.3, -0.25) is 4.79 Å². The smallest absolute Gasteiger partial charge is 0.355 e. The molecule has 3 rings (SSSR count). The fraction of sp³-hybridized carbons (Fsp3) is 0.435. The quantitative estimate of drug-likeness (QED) is 0.612. The molecule has 2 N–H and O–H groups in total. The summed E-state index contributed by atoms with van der Waals surface area (Å²) in [6.45, 7) is 5.93. The number of halogens is 3. The zero-order valence-electron chi connectivity index (χ0n) is 17.7. The summed E-state index contributed by atoms with van der Waals surface area (Å²) < 4.78 is 38.9. The number of piperazine rings is 1. The lowest BCUT2D eigenvalue weighted by Crippen LogP contribution is -2.44. The SMILES string of the molecule is CN1CCN(CCCCNC(=O)c2ccccc2Nc2cccc(C(F)(F)F)c2)CC1. The Hall–Kier alpha value is -2.58. The number of benzene rings is 2. The summed E-state index contributed by atoms with van der Waals surface area (Å²) in [5.41, 5.74) is 0.415. The monoisotopic (exact) mass is 434 g/mol. The molecule has 1 amide bonds. The number of nitrogens with one attached hydrogen (secondary N) is 2. The topological polar surface area (TPSA) is 47.6 Å². The van der Waals surface area contributed by atoms with Gasteiger partial charge in [-0.1, -0.05) is 18.2 Å². The molecule has 168 valence electrons. The Morgan fingerprint density at radius 1 is 1.00 bits per heavy atom. The van der Waals surface area contributed by atoms with E-state index in [1.54, 1.807) is 30.3 Å². The Labute approximate surface area is 181 Å². The molecular formula is C23H29F3N4O. The first kappa shape index (κ1) is 23.1. The molecule has 0 saturated carbocycles. The number of rotatable bonds is 8. The molecule has 0 aromatic heterocycles. The number of nitrogens with zero attached hydrogens (tertiary/aromatic N) is 2. The Morgan fingerprint density at radius 3 is 2.48 bits per heavy atom. The molecule has 0 radical (unpaired) electrons. The Balaban J connectivity index is 1.51. The highest BCUT2D eigenvalue weighted by atomic mass is 19.4. The van der Waals surface area contributed by atoms with Gasteiger partial charge in [0.1, 0.15) is 0 Å². The van der Waals surface area contributed by atoms with Crippen LogP contribution in [0.3, 0.4) is 0 Å². The van der Waals surface area contributed by atoms with Crippen molar-refractivity contribution in [1.82, 2.24) is 15.1 Å². The predicted molar refractivity (Wildman–Crippen MR) is 117 cm³/mol. The molecule has 0 spiro atoms. The maximum atomic E-state index is 13.0. The van der Waals surface area contributed by atoms with Gasteiger partial charge in [-0.25, -0.2) is 0 Å². The molecule has 1 aliphatic rings. The summed E-state index contributed by atoms with van der Waals surface area (Å²) in [5, 5.41) is 5.86. The molecule has 0 aliphatic carbocycles. The number of anilines is 2. The van der Waals surface area contributed by atoms with Crippen LogP contribution in [0.1, 0.15) is 28.8 Å². The number of amides is 1. The maximum Gasteiger partial charge on any atom is 0.416 e. The standard InChI is InChI=1S/C23H29F3N4O/c1-29-13-15-30(16-14-29)12-5-4-11-27-22(31)20-9-2-3-10-21(20)28-19-8-6-7-18(17-19)23(24,25)26/h2-3,6-10,17,28H,4-5,11-16H2,1H3,(H,27,31). The van der Waals surface area contributed by atoms with Crippen molar-refractivity contribution < 1.29 is 18.0 Å². The first-order valence-corrected chi connectivity index (χ1v) is 10.6. The van der Waals surface area contributed by atoms with Gasteiger partial charge in [0.05, 0.1) is 16.8 Å². The minimum absolute atomic E-state index is 0.241. The third-order valence-electron chi connectivity index (χ3n) is 5.42. The number of likely N-dealkylation sites (N-methyl/N-ethyl adjacent to an activating group) is 1. The highest BCUT2D eigenvalue weighted by molar-refractivity contribution is 6.00. The van der Waals surface area contributed by atoms with Gasteiger partial charge in [0.15, 0.2) is 0 Å². The van der Waals surface area contributed by atoms with Gasteiger partial charge < -0.3 is 20.4 Å². The van der Waals surface area contributed by atoms with Crippen molar-refractivity contribution in [3.05, 3.63) is 59.7 Å². The summed E-state index contributed by atoms with van der Waals surface area (Å²) in [5.74, 6) is -0.241. The van der Waals surface area contributed by atoms with E-state index in [-0.39, 0.29) is 11.6 Å². The van der Waals surface area contributed by atoms with E-state index in [9.17, 15) is 18.0 Å². The Kier molecular flexibility index (Phi) is 7.92. The van der Waals surface area contributed by atoms with Crippen LogP contribution < -0.4 is 10.6 Å². The van der Waals surface area contributed by atoms with E-state index in [0.29, 0.717) is 17.8 Å². The van der Waals surface area contributed by atoms with E-state index in [4.69, 9.17) is 0 Å². The van der Waals surface area contributed by atoms with Crippen molar-refractivity contribution in [2.24, 2.45) is 0 Å². The second-order valence-electron chi connectivity index (χ2n) is 7.86. The second-order valence-corrected chi connectivity index (χ2v) is 7.86. The van der Waals surface area contributed by atoms with Gasteiger partial charge >= 0.3 is 6.18 Å². The summed E-state index contributed by atoms with van der Waals surface area (Å²) >= 11 is 0. The zero-order chi connectivity index (χ0) is 22.3. The van der Waals surface area contributed by atoms with E-state index in [0.717, 1.165) is 57.7 Å². The zero-order valence-corrected chi connectivity index (χ0v) is 17.7. The van der Waals surface area contributed by atoms with Crippen LogP contribution in [0, 0.1) is 0 Å². The van der Waals surface area contributed by atoms with Crippen molar-refractivity contribution >= 4 is 17.3 Å². The van der Waals surface area contributed by atoms with E-state index in [1.807, 2.05) is 0 Å². The molecule has 0 unspecified atom stereocenters. The fourth-order valence-corrected chi connectivity index (χ4v) is 3.55. The van der Waals surface area contributed by atoms with Gasteiger partial charge in [0, 0.05) is 38.4 Å². The highest BCUT2D eigenvalue weighted by Crippen LogP contribution is 2.31. The largest absolute Gasteiger partial charge is 0.416 e. The number of hydrogen-bond acceptors (Lipinski definition) is 4. The molecule has 1 fully saturated rings. The number of carbonyl (C=O) groups excluding carboxylic acids is 1. The summed E-state index contributed by atoms with van der Waals surface area (Å²) in [4.78, 5) is 17.4. The Bertz CT molecular complexity index is 864. The molecule has 1 aliphatic heterocycles. The molecule has 0 bridgehead atoms. The molecule has 8 heteroatoms. The Morgan fingerprint density at radius 2 is 1.74 bits per heavy atom. The highest BCUT2D eigenvalue weighted by Gasteiger charge is 2.30. The van der Waals surface area contributed by atoms with Crippen LogP contribution in [0.5, 0.6) is 0 Å². The van der Waals surface area contributed by atoms with Crippen molar-refractivity contribution in [3.8, 4) is 0 Å². The van der Waals surface area contributed by atoms with E-state index >= 15 is 0 Å². The number of para-hydroxylation sites is 1. The third kappa shape index (κ3) is 6.97. The average molecular weight is 435 g/mol. The second kappa shape index (κ2) is 10.6. The third-order valence-corrected chi connectivity index (χ3v) is 5.42. The van der Waals surface area contributed by atoms with Crippen LogP contribution in [0.4, 0.5) is 24.5 Å². The number of unbranched alkanes of at least 4 members (excludes halogenated alkanes) is 1. The molecular weight excluding hydrogens is 405 g/mol. The van der Waals surface area contributed by atoms with E-state index < -0.39 is 11.7 Å². The average Bonchev–Trinajstić information content (AvgIpc) is 2.75. The van der Waals surface area contributed by atoms with Crippen molar-refractivity contribution in [1.29, 1.82) is 0 Å². The van der Waals surface area contributed by atoms with Gasteiger partial charge in [0.25, 0.3) is 5.91 Å². The lowest BCUT2D eigenvalue weighted by molar-refractivity contribution is -0.137. The van der Waals surface area contributed by atoms with Gasteiger partial charge in [-0.2, -0.15) is 13.2 Å². The predicted octanol–water partition coefficient (Wildman–Crippen LogP) is 4.21. The molecule has 0 atom stereocenters. The number of hydrogen-bond donors (Lipinski definition) is 2. The molecule has 5 nitrogen and oxygen atoms in total. The minimum Gasteiger partial charge on any atom is -0.355 e. The summed E-state index contributed by atoms with van der Waals surface area (Å²) in [6.07, 6.45) is -2.53. The molecule has 2 aromatic carbocycles. The van der Waals surface area contributed by atoms with Crippen molar-refractivity contribution in [2.45, 2.75) is 19.0 Å². The molecule has 1 saturated heterocycles. The first-order valence-electron chi connectivity index (χ1n) is 10.6. The number of alkyl halides is 3. The lowest BCUT2D eigenvalue weighted by atomic mass is 10.1. The molecule has 1 heterocycles. The van der Waals surface area contributed by atoms with Crippen LogP contribution in [0.25, 0.3) is 0 Å². The van der Waals surface area contributed by atoms with Gasteiger partial charge in [-0.05, 0) is 56.8 Å². The van der Waals surface area contributed by atoms with Crippen LogP contribution in [0.15, 0.2) is 48.5 Å².